The molecule has 1 aromatic heterocycles. The smallest absolute Gasteiger partial charge is 0.271 e. The van der Waals surface area contributed by atoms with Crippen molar-refractivity contribution in [3.05, 3.63) is 75.5 Å². The number of piperidine rings is 1. The van der Waals surface area contributed by atoms with E-state index in [2.05, 4.69) is 15.3 Å². The highest BCUT2D eigenvalue weighted by Gasteiger charge is 2.27. The molecular weight excluding hydrogens is 444 g/mol. The van der Waals surface area contributed by atoms with Gasteiger partial charge in [-0.1, -0.05) is 23.7 Å². The highest BCUT2D eigenvalue weighted by Crippen LogP contribution is 2.32. The van der Waals surface area contributed by atoms with Gasteiger partial charge in [0.2, 0.25) is 12.7 Å². The number of nitrogens with zero attached hydrogens (tertiary/aromatic N) is 3. The Balaban J connectivity index is 1.26. The van der Waals surface area contributed by atoms with Gasteiger partial charge in [-0.15, -0.1) is 5.10 Å². The molecule has 8 nitrogen and oxygen atoms in total. The van der Waals surface area contributed by atoms with Crippen LogP contribution in [0.4, 0.5) is 5.82 Å². The van der Waals surface area contributed by atoms with Gasteiger partial charge in [0.05, 0.1) is 11.6 Å². The van der Waals surface area contributed by atoms with Gasteiger partial charge >= 0.3 is 0 Å². The molecule has 1 atom stereocenters. The highest BCUT2D eigenvalue weighted by molar-refractivity contribution is 6.30. The number of hydrogen-bond donors (Lipinski definition) is 1. The van der Waals surface area contributed by atoms with E-state index in [4.69, 9.17) is 21.1 Å². The second-order valence-electron chi connectivity index (χ2n) is 8.11. The lowest BCUT2D eigenvalue weighted by molar-refractivity contribution is -0.125. The summed E-state index contributed by atoms with van der Waals surface area (Å²) in [4.78, 5) is 27.3. The van der Waals surface area contributed by atoms with Crippen molar-refractivity contribution in [1.29, 1.82) is 0 Å². The Morgan fingerprint density at radius 2 is 2.00 bits per heavy atom. The average molecular weight is 467 g/mol. The third-order valence-corrected chi connectivity index (χ3v) is 6.09. The molecule has 170 valence electrons. The fourth-order valence-corrected chi connectivity index (χ4v) is 4.33. The molecule has 0 spiro atoms. The largest absolute Gasteiger partial charge is 0.454 e. The van der Waals surface area contributed by atoms with Crippen LogP contribution in [0.5, 0.6) is 11.5 Å². The highest BCUT2D eigenvalue weighted by atomic mass is 35.5. The first kappa shape index (κ1) is 21.3. The summed E-state index contributed by atoms with van der Waals surface area (Å²) in [7, 11) is 0. The SMILES string of the molecule is O=C(NCc1ccc2c(c1)OCO2)[C@@H]1CCCN(c2ccc(=O)n(-c3cccc(Cl)c3)n2)C1. The number of carbonyl (C=O) groups excluding carboxylic acids is 1. The molecule has 2 aromatic carbocycles. The van der Waals surface area contributed by atoms with Gasteiger partial charge in [0.15, 0.2) is 11.5 Å². The topological polar surface area (TPSA) is 85.7 Å². The average Bonchev–Trinajstić information content (AvgIpc) is 3.31. The van der Waals surface area contributed by atoms with E-state index in [0.717, 1.165) is 30.7 Å². The molecule has 0 saturated carbocycles. The standard InChI is InChI=1S/C24H23ClN4O4/c25-18-4-1-5-19(12-18)29-23(30)9-8-22(27-29)28-10-2-3-17(14-28)24(31)26-13-16-6-7-20-21(11-16)33-15-32-20/h1,4-9,11-12,17H,2-3,10,13-15H2,(H,26,31)/t17-/m1/s1. The number of halogens is 1. The van der Waals surface area contributed by atoms with E-state index in [1.165, 1.54) is 10.7 Å². The monoisotopic (exact) mass is 466 g/mol. The van der Waals surface area contributed by atoms with Crippen LogP contribution in [0.15, 0.2) is 59.4 Å². The van der Waals surface area contributed by atoms with Crippen molar-refractivity contribution < 1.29 is 14.3 Å². The van der Waals surface area contributed by atoms with Gasteiger partial charge in [-0.2, -0.15) is 4.68 Å². The zero-order valence-corrected chi connectivity index (χ0v) is 18.6. The maximum absolute atomic E-state index is 12.9. The van der Waals surface area contributed by atoms with Crippen LogP contribution in [0, 0.1) is 5.92 Å². The molecule has 3 aromatic rings. The van der Waals surface area contributed by atoms with Crippen LogP contribution < -0.4 is 25.2 Å². The lowest BCUT2D eigenvalue weighted by Gasteiger charge is -2.33. The number of anilines is 1. The zero-order valence-electron chi connectivity index (χ0n) is 17.9. The van der Waals surface area contributed by atoms with E-state index in [-0.39, 0.29) is 24.2 Å². The molecule has 33 heavy (non-hydrogen) atoms. The summed E-state index contributed by atoms with van der Waals surface area (Å²) in [6.45, 7) is 1.95. The number of ether oxygens (including phenoxy) is 2. The van der Waals surface area contributed by atoms with E-state index < -0.39 is 0 Å². The van der Waals surface area contributed by atoms with Gasteiger partial charge < -0.3 is 19.7 Å². The predicted octanol–water partition coefficient (Wildman–Crippen LogP) is 3.15. The van der Waals surface area contributed by atoms with Crippen molar-refractivity contribution in [3.8, 4) is 17.2 Å². The quantitative estimate of drug-likeness (QED) is 0.621. The molecule has 5 rings (SSSR count). The number of benzene rings is 2. The van der Waals surface area contributed by atoms with E-state index in [1.54, 1.807) is 30.3 Å². The van der Waals surface area contributed by atoms with Crippen molar-refractivity contribution in [1.82, 2.24) is 15.1 Å². The van der Waals surface area contributed by atoms with Crippen molar-refractivity contribution in [2.45, 2.75) is 19.4 Å². The van der Waals surface area contributed by atoms with Crippen molar-refractivity contribution in [2.24, 2.45) is 5.92 Å². The first-order valence-electron chi connectivity index (χ1n) is 10.8. The molecule has 0 bridgehead atoms. The molecule has 1 N–H and O–H groups in total. The molecule has 1 fully saturated rings. The number of carbonyl (C=O) groups is 1. The van der Waals surface area contributed by atoms with Crippen LogP contribution in [0.3, 0.4) is 0 Å². The van der Waals surface area contributed by atoms with Crippen LogP contribution >= 0.6 is 11.6 Å². The molecule has 2 aliphatic heterocycles. The van der Waals surface area contributed by atoms with Crippen LogP contribution in [0.1, 0.15) is 18.4 Å². The number of rotatable bonds is 5. The Hall–Kier alpha value is -3.52. The summed E-state index contributed by atoms with van der Waals surface area (Å²) in [6.07, 6.45) is 1.66. The van der Waals surface area contributed by atoms with Gasteiger partial charge in [-0.05, 0) is 54.8 Å². The summed E-state index contributed by atoms with van der Waals surface area (Å²) >= 11 is 6.08. The van der Waals surface area contributed by atoms with Crippen LogP contribution in [0.25, 0.3) is 5.69 Å². The fourth-order valence-electron chi connectivity index (χ4n) is 4.15. The normalized spacial score (nSPS) is 17.1. The molecule has 3 heterocycles. The minimum Gasteiger partial charge on any atom is -0.454 e. The summed E-state index contributed by atoms with van der Waals surface area (Å²) < 4.78 is 12.1. The second kappa shape index (κ2) is 9.15. The summed E-state index contributed by atoms with van der Waals surface area (Å²) in [6, 6.07) is 15.9. The lowest BCUT2D eigenvalue weighted by Crippen LogP contribution is -2.43. The number of amides is 1. The van der Waals surface area contributed by atoms with Crippen LogP contribution in [-0.2, 0) is 11.3 Å². The van der Waals surface area contributed by atoms with Crippen LogP contribution in [0.2, 0.25) is 5.02 Å². The van der Waals surface area contributed by atoms with Gasteiger partial charge in [0.1, 0.15) is 5.82 Å². The fraction of sp³-hybridized carbons (Fsp3) is 0.292. The Morgan fingerprint density at radius 1 is 1.12 bits per heavy atom. The Bertz CT molecular complexity index is 1250. The Labute approximate surface area is 195 Å². The molecule has 1 saturated heterocycles. The lowest BCUT2D eigenvalue weighted by atomic mass is 9.97. The molecule has 0 unspecified atom stereocenters. The molecule has 1 amide bonds. The Kier molecular flexibility index (Phi) is 5.92. The number of nitrogens with one attached hydrogen (secondary N) is 1. The second-order valence-corrected chi connectivity index (χ2v) is 8.55. The number of hydrogen-bond acceptors (Lipinski definition) is 6. The summed E-state index contributed by atoms with van der Waals surface area (Å²) in [5, 5.41) is 8.11. The van der Waals surface area contributed by atoms with Gasteiger partial charge in [0.25, 0.3) is 5.56 Å². The minimum atomic E-state index is -0.240. The maximum Gasteiger partial charge on any atom is 0.271 e. The van der Waals surface area contributed by atoms with Gasteiger partial charge in [-0.25, -0.2) is 0 Å². The van der Waals surface area contributed by atoms with E-state index in [0.29, 0.717) is 35.4 Å². The van der Waals surface area contributed by atoms with Gasteiger partial charge in [-0.3, -0.25) is 9.59 Å². The van der Waals surface area contributed by atoms with Crippen molar-refractivity contribution in [2.75, 3.05) is 24.8 Å². The summed E-state index contributed by atoms with van der Waals surface area (Å²) in [5.41, 5.74) is 1.32. The molecule has 0 aliphatic carbocycles. The molecular formula is C24H23ClN4O4. The third-order valence-electron chi connectivity index (χ3n) is 5.86. The van der Waals surface area contributed by atoms with Crippen molar-refractivity contribution >= 4 is 23.3 Å². The predicted molar refractivity (Wildman–Crippen MR) is 124 cm³/mol. The van der Waals surface area contributed by atoms with E-state index in [1.807, 2.05) is 18.2 Å². The number of aromatic nitrogens is 2. The van der Waals surface area contributed by atoms with E-state index >= 15 is 0 Å². The Morgan fingerprint density at radius 3 is 2.88 bits per heavy atom. The first-order valence-corrected chi connectivity index (χ1v) is 11.2. The zero-order chi connectivity index (χ0) is 22.8. The number of fused-ring (bicyclic) bond motifs is 1. The molecule has 0 radical (unpaired) electrons. The van der Waals surface area contributed by atoms with E-state index in [9.17, 15) is 9.59 Å². The van der Waals surface area contributed by atoms with Gasteiger partial charge in [0, 0.05) is 30.7 Å². The maximum atomic E-state index is 12.9. The minimum absolute atomic E-state index is 0.000490. The third kappa shape index (κ3) is 4.66. The van der Waals surface area contributed by atoms with Crippen molar-refractivity contribution in [3.63, 3.8) is 0 Å². The summed E-state index contributed by atoms with van der Waals surface area (Å²) in [5.74, 6) is 1.91. The molecule has 2 aliphatic rings. The van der Waals surface area contributed by atoms with Crippen LogP contribution in [-0.4, -0.2) is 35.6 Å². The first-order chi connectivity index (χ1) is 16.1. The molecule has 9 heteroatoms.